The predicted molar refractivity (Wildman–Crippen MR) is 53.9 cm³/mol. The largest absolute Gasteiger partial charge is 0.360 e. The van der Waals surface area contributed by atoms with Gasteiger partial charge in [-0.25, -0.2) is 0 Å². The maximum Gasteiger partial charge on any atom is 0.0496 e. The molecule has 0 bridgehead atoms. The van der Waals surface area contributed by atoms with E-state index < -0.39 is 0 Å². The number of hydrogen-bond acceptors (Lipinski definition) is 0. The minimum atomic E-state index is 0.909. The Morgan fingerprint density at radius 2 is 2.25 bits per heavy atom. The maximum atomic E-state index is 5.33. The van der Waals surface area contributed by atoms with Crippen LogP contribution >= 0.6 is 15.9 Å². The summed E-state index contributed by atoms with van der Waals surface area (Å²) in [6.45, 7) is 0. The highest BCUT2D eigenvalue weighted by atomic mass is 79.9. The van der Waals surface area contributed by atoms with E-state index in [9.17, 15) is 0 Å². The van der Waals surface area contributed by atoms with Crippen molar-refractivity contribution in [3.8, 4) is 12.3 Å². The molecule has 2 rings (SSSR count). The van der Waals surface area contributed by atoms with Crippen molar-refractivity contribution in [1.82, 2.24) is 4.98 Å². The van der Waals surface area contributed by atoms with Crippen molar-refractivity contribution in [1.29, 1.82) is 0 Å². The molecule has 1 aromatic heterocycles. The number of halogens is 1. The first kappa shape index (κ1) is 7.45. The molecule has 12 heavy (non-hydrogen) atoms. The average Bonchev–Trinajstić information content (AvgIpc) is 2.46. The zero-order valence-electron chi connectivity index (χ0n) is 6.26. The molecule has 0 aliphatic carbocycles. The van der Waals surface area contributed by atoms with Crippen molar-refractivity contribution < 1.29 is 0 Å². The molecule has 0 aliphatic heterocycles. The number of benzene rings is 1. The van der Waals surface area contributed by atoms with Gasteiger partial charge in [-0.2, -0.15) is 0 Å². The number of nitrogens with one attached hydrogen (secondary N) is 1. The fourth-order valence-corrected chi connectivity index (χ4v) is 1.57. The lowest BCUT2D eigenvalue weighted by Crippen LogP contribution is -1.69. The molecule has 0 saturated heterocycles. The van der Waals surface area contributed by atoms with E-state index in [0.717, 1.165) is 20.9 Å². The Bertz CT molecular complexity index is 462. The second-order valence-electron chi connectivity index (χ2n) is 2.54. The zero-order valence-corrected chi connectivity index (χ0v) is 7.85. The SMILES string of the molecule is C#Cc1c[nH]c2ccc(Br)cc12. The van der Waals surface area contributed by atoms with Crippen molar-refractivity contribution in [2.45, 2.75) is 0 Å². The highest BCUT2D eigenvalue weighted by Gasteiger charge is 2.00. The van der Waals surface area contributed by atoms with E-state index in [4.69, 9.17) is 6.42 Å². The lowest BCUT2D eigenvalue weighted by Gasteiger charge is -1.91. The van der Waals surface area contributed by atoms with Crippen LogP contribution in [-0.2, 0) is 0 Å². The predicted octanol–water partition coefficient (Wildman–Crippen LogP) is 2.91. The van der Waals surface area contributed by atoms with Gasteiger partial charge in [-0.3, -0.25) is 0 Å². The molecule has 0 amide bonds. The molecule has 0 fully saturated rings. The minimum Gasteiger partial charge on any atom is -0.360 e. The molecule has 0 atom stereocenters. The van der Waals surface area contributed by atoms with Crippen LogP contribution < -0.4 is 0 Å². The lowest BCUT2D eigenvalue weighted by molar-refractivity contribution is 1.47. The van der Waals surface area contributed by atoms with E-state index in [1.165, 1.54) is 0 Å². The van der Waals surface area contributed by atoms with E-state index in [1.54, 1.807) is 0 Å². The molecule has 2 heteroatoms. The second-order valence-corrected chi connectivity index (χ2v) is 3.45. The molecule has 0 spiro atoms. The summed E-state index contributed by atoms with van der Waals surface area (Å²) in [5, 5.41) is 1.09. The molecule has 2 aromatic rings. The van der Waals surface area contributed by atoms with Crippen LogP contribution in [-0.4, -0.2) is 4.98 Å². The Balaban J connectivity index is 2.86. The summed E-state index contributed by atoms with van der Waals surface area (Å²) in [5.74, 6) is 2.63. The third-order valence-electron chi connectivity index (χ3n) is 1.80. The van der Waals surface area contributed by atoms with Crippen LogP contribution in [0.15, 0.2) is 28.9 Å². The molecule has 58 valence electrons. The summed E-state index contributed by atoms with van der Waals surface area (Å²) in [5.41, 5.74) is 1.98. The second kappa shape index (κ2) is 2.69. The molecular formula is C10H6BrN. The molecule has 0 unspecified atom stereocenters. The van der Waals surface area contributed by atoms with E-state index >= 15 is 0 Å². The van der Waals surface area contributed by atoms with Crippen molar-refractivity contribution in [2.24, 2.45) is 0 Å². The Labute approximate surface area is 78.9 Å². The smallest absolute Gasteiger partial charge is 0.0496 e. The average molecular weight is 220 g/mol. The van der Waals surface area contributed by atoms with Crippen molar-refractivity contribution in [2.75, 3.05) is 0 Å². The first-order valence-electron chi connectivity index (χ1n) is 3.54. The third-order valence-corrected chi connectivity index (χ3v) is 2.29. The Morgan fingerprint density at radius 1 is 1.42 bits per heavy atom. The topological polar surface area (TPSA) is 15.8 Å². The number of rotatable bonds is 0. The first-order chi connectivity index (χ1) is 5.81. The molecular weight excluding hydrogens is 214 g/mol. The molecule has 1 nitrogen and oxygen atoms in total. The van der Waals surface area contributed by atoms with Gasteiger partial charge in [-0.05, 0) is 18.2 Å². The van der Waals surface area contributed by atoms with Crippen molar-refractivity contribution >= 4 is 26.8 Å². The fraction of sp³-hybridized carbons (Fsp3) is 0. The van der Waals surface area contributed by atoms with Gasteiger partial charge in [0.1, 0.15) is 0 Å². The molecule has 1 heterocycles. The number of fused-ring (bicyclic) bond motifs is 1. The van der Waals surface area contributed by atoms with E-state index in [-0.39, 0.29) is 0 Å². The van der Waals surface area contributed by atoms with Crippen LogP contribution in [0.2, 0.25) is 0 Å². The Kier molecular flexibility index (Phi) is 1.67. The van der Waals surface area contributed by atoms with Gasteiger partial charge < -0.3 is 4.98 Å². The van der Waals surface area contributed by atoms with Gasteiger partial charge in [-0.1, -0.05) is 21.9 Å². The summed E-state index contributed by atoms with van der Waals surface area (Å²) in [7, 11) is 0. The molecule has 0 saturated carbocycles. The van der Waals surface area contributed by atoms with E-state index in [1.807, 2.05) is 24.4 Å². The van der Waals surface area contributed by atoms with Gasteiger partial charge >= 0.3 is 0 Å². The van der Waals surface area contributed by atoms with E-state index in [2.05, 4.69) is 26.8 Å². The Morgan fingerprint density at radius 3 is 3.00 bits per heavy atom. The summed E-state index contributed by atoms with van der Waals surface area (Å²) in [4.78, 5) is 3.10. The number of H-pyrrole nitrogens is 1. The highest BCUT2D eigenvalue weighted by Crippen LogP contribution is 2.21. The first-order valence-corrected chi connectivity index (χ1v) is 4.34. The molecule has 1 N–H and O–H groups in total. The third kappa shape index (κ3) is 1.03. The highest BCUT2D eigenvalue weighted by molar-refractivity contribution is 9.10. The van der Waals surface area contributed by atoms with Gasteiger partial charge in [-0.15, -0.1) is 6.42 Å². The van der Waals surface area contributed by atoms with Crippen LogP contribution in [0.25, 0.3) is 10.9 Å². The van der Waals surface area contributed by atoms with Crippen molar-refractivity contribution in [3.05, 3.63) is 34.4 Å². The normalized spacial score (nSPS) is 10.0. The summed E-state index contributed by atoms with van der Waals surface area (Å²) < 4.78 is 1.05. The van der Waals surface area contributed by atoms with E-state index in [0.29, 0.717) is 0 Å². The van der Waals surface area contributed by atoms with Gasteiger partial charge in [0, 0.05) is 27.1 Å². The quantitative estimate of drug-likeness (QED) is 0.657. The summed E-state index contributed by atoms with van der Waals surface area (Å²) in [6, 6.07) is 6.00. The van der Waals surface area contributed by atoms with Gasteiger partial charge in [0.25, 0.3) is 0 Å². The van der Waals surface area contributed by atoms with Crippen LogP contribution in [0.4, 0.5) is 0 Å². The Hall–Kier alpha value is -1.20. The summed E-state index contributed by atoms with van der Waals surface area (Å²) in [6.07, 6.45) is 7.17. The molecule has 0 radical (unpaired) electrons. The minimum absolute atomic E-state index is 0.909. The molecule has 1 aromatic carbocycles. The fourth-order valence-electron chi connectivity index (χ4n) is 1.21. The summed E-state index contributed by atoms with van der Waals surface area (Å²) >= 11 is 3.40. The van der Waals surface area contributed by atoms with Crippen LogP contribution in [0.3, 0.4) is 0 Å². The maximum absolute atomic E-state index is 5.33. The number of terminal acetylenes is 1. The van der Waals surface area contributed by atoms with Gasteiger partial charge in [0.2, 0.25) is 0 Å². The molecule has 0 aliphatic rings. The number of aromatic nitrogens is 1. The number of aromatic amines is 1. The van der Waals surface area contributed by atoms with Crippen LogP contribution in [0, 0.1) is 12.3 Å². The standard InChI is InChI=1S/C10H6BrN/c1-2-7-6-12-10-4-3-8(11)5-9(7)10/h1,3-6,12H. The van der Waals surface area contributed by atoms with Crippen LogP contribution in [0.1, 0.15) is 5.56 Å². The lowest BCUT2D eigenvalue weighted by atomic mass is 10.2. The monoisotopic (exact) mass is 219 g/mol. The van der Waals surface area contributed by atoms with Crippen LogP contribution in [0.5, 0.6) is 0 Å². The van der Waals surface area contributed by atoms with Gasteiger partial charge in [0.15, 0.2) is 0 Å². The van der Waals surface area contributed by atoms with Gasteiger partial charge in [0.05, 0.1) is 0 Å². The zero-order chi connectivity index (χ0) is 8.55. The number of hydrogen-bond donors (Lipinski definition) is 1. The van der Waals surface area contributed by atoms with Crippen molar-refractivity contribution in [3.63, 3.8) is 0 Å².